The molecular formula is C30H29F3N6O3. The molecule has 218 valence electrons. The minimum atomic E-state index is -1.01. The number of rotatable bonds is 6. The van der Waals surface area contributed by atoms with Gasteiger partial charge in [0.2, 0.25) is 5.91 Å². The number of carbonyl (C=O) groups is 2. The van der Waals surface area contributed by atoms with Crippen LogP contribution in [0.4, 0.5) is 23.8 Å². The number of likely N-dealkylation sites (N-methyl/N-ethyl adjacent to an activating group) is 1. The Morgan fingerprint density at radius 3 is 2.36 bits per heavy atom. The monoisotopic (exact) mass is 578 g/mol. The van der Waals surface area contributed by atoms with Crippen molar-refractivity contribution in [2.45, 2.75) is 31.7 Å². The first-order chi connectivity index (χ1) is 20.3. The number of amides is 2. The summed E-state index contributed by atoms with van der Waals surface area (Å²) in [6, 6.07) is 13.4. The lowest BCUT2D eigenvalue weighted by atomic mass is 9.93. The number of ether oxygens (including phenoxy) is 1. The van der Waals surface area contributed by atoms with Crippen molar-refractivity contribution < 1.29 is 27.5 Å². The van der Waals surface area contributed by atoms with Gasteiger partial charge in [0, 0.05) is 44.6 Å². The van der Waals surface area contributed by atoms with Crippen LogP contribution in [0.3, 0.4) is 0 Å². The maximum atomic E-state index is 14.3. The van der Waals surface area contributed by atoms with Crippen molar-refractivity contribution in [2.24, 2.45) is 5.92 Å². The summed E-state index contributed by atoms with van der Waals surface area (Å²) in [5, 5.41) is 16.9. The molecule has 0 aliphatic carbocycles. The molecule has 3 heterocycles. The standard InChI is InChI=1S/C30H29F3N6O3/c1-2-39(30(41)42-23-7-4-21(31)5-8-23)27-18-38(17-24(27)20-3-9-25(32)26(33)15-20)29(40)19-11-13-37(14-12-19)28-10-6-22(16-34)35-36-28/h3-10,15,19,24,27H,2,11-14,17-18H2,1H3. The molecule has 2 aliphatic heterocycles. The van der Waals surface area contributed by atoms with Crippen LogP contribution in [-0.4, -0.2) is 70.8 Å². The molecule has 42 heavy (non-hydrogen) atoms. The van der Waals surface area contributed by atoms with Gasteiger partial charge >= 0.3 is 6.09 Å². The van der Waals surface area contributed by atoms with Crippen molar-refractivity contribution >= 4 is 17.8 Å². The maximum absolute atomic E-state index is 14.3. The number of halogens is 3. The van der Waals surface area contributed by atoms with E-state index in [1.165, 1.54) is 35.2 Å². The van der Waals surface area contributed by atoms with E-state index in [9.17, 15) is 22.8 Å². The largest absolute Gasteiger partial charge is 0.415 e. The first-order valence-electron chi connectivity index (χ1n) is 13.7. The fraction of sp³-hybridized carbons (Fsp3) is 0.367. The van der Waals surface area contributed by atoms with E-state index >= 15 is 0 Å². The number of anilines is 1. The average molecular weight is 579 g/mol. The minimum Gasteiger partial charge on any atom is -0.410 e. The highest BCUT2D eigenvalue weighted by molar-refractivity contribution is 5.80. The van der Waals surface area contributed by atoms with E-state index in [0.29, 0.717) is 37.3 Å². The van der Waals surface area contributed by atoms with Gasteiger partial charge in [-0.15, -0.1) is 10.2 Å². The summed E-state index contributed by atoms with van der Waals surface area (Å²) in [4.78, 5) is 32.1. The van der Waals surface area contributed by atoms with Crippen LogP contribution in [0.25, 0.3) is 0 Å². The van der Waals surface area contributed by atoms with E-state index in [2.05, 4.69) is 10.2 Å². The van der Waals surface area contributed by atoms with Crippen molar-refractivity contribution in [3.8, 4) is 11.8 Å². The van der Waals surface area contributed by atoms with Gasteiger partial charge in [-0.1, -0.05) is 6.07 Å². The summed E-state index contributed by atoms with van der Waals surface area (Å²) >= 11 is 0. The molecule has 1 aromatic heterocycles. The van der Waals surface area contributed by atoms with E-state index < -0.39 is 35.5 Å². The van der Waals surface area contributed by atoms with Crippen molar-refractivity contribution in [3.63, 3.8) is 0 Å². The number of hydrogen-bond acceptors (Lipinski definition) is 7. The third-order valence-corrected chi connectivity index (χ3v) is 7.90. The maximum Gasteiger partial charge on any atom is 0.415 e. The molecule has 0 saturated carbocycles. The van der Waals surface area contributed by atoms with Crippen molar-refractivity contribution in [2.75, 3.05) is 37.6 Å². The Hall–Kier alpha value is -4.66. The Balaban J connectivity index is 1.32. The lowest BCUT2D eigenvalue weighted by Crippen LogP contribution is -2.47. The minimum absolute atomic E-state index is 0.0707. The van der Waals surface area contributed by atoms with Gasteiger partial charge in [-0.25, -0.2) is 18.0 Å². The van der Waals surface area contributed by atoms with Gasteiger partial charge in [-0.05, 0) is 73.9 Å². The first kappa shape index (κ1) is 28.9. The predicted molar refractivity (Wildman–Crippen MR) is 146 cm³/mol. The number of nitriles is 1. The zero-order valence-corrected chi connectivity index (χ0v) is 22.9. The Labute approximate surface area is 241 Å². The van der Waals surface area contributed by atoms with Crippen LogP contribution >= 0.6 is 0 Å². The van der Waals surface area contributed by atoms with Gasteiger partial charge in [0.15, 0.2) is 23.1 Å². The number of carbonyl (C=O) groups excluding carboxylic acids is 2. The molecule has 2 amide bonds. The molecule has 0 N–H and O–H groups in total. The average Bonchev–Trinajstić information content (AvgIpc) is 3.45. The summed E-state index contributed by atoms with van der Waals surface area (Å²) in [6.07, 6.45) is 0.455. The molecular weight excluding hydrogens is 549 g/mol. The smallest absolute Gasteiger partial charge is 0.410 e. The zero-order chi connectivity index (χ0) is 29.8. The normalized spacial score (nSPS) is 18.9. The lowest BCUT2D eigenvalue weighted by molar-refractivity contribution is -0.135. The molecule has 0 spiro atoms. The molecule has 2 aliphatic rings. The highest BCUT2D eigenvalue weighted by Crippen LogP contribution is 2.35. The Morgan fingerprint density at radius 1 is 1.00 bits per heavy atom. The van der Waals surface area contributed by atoms with Gasteiger partial charge in [0.1, 0.15) is 17.6 Å². The molecule has 0 radical (unpaired) electrons. The van der Waals surface area contributed by atoms with Gasteiger partial charge < -0.3 is 19.4 Å². The van der Waals surface area contributed by atoms with Crippen molar-refractivity contribution in [1.29, 1.82) is 5.26 Å². The third-order valence-electron chi connectivity index (χ3n) is 7.90. The van der Waals surface area contributed by atoms with Crippen LogP contribution in [0.15, 0.2) is 54.6 Å². The number of nitrogens with zero attached hydrogens (tertiary/aromatic N) is 6. The van der Waals surface area contributed by atoms with Gasteiger partial charge in [0.05, 0.1) is 6.04 Å². The second-order valence-corrected chi connectivity index (χ2v) is 10.3. The number of likely N-dealkylation sites (tertiary alicyclic amines) is 1. The summed E-state index contributed by atoms with van der Waals surface area (Å²) in [6.45, 7) is 3.56. The second-order valence-electron chi connectivity index (χ2n) is 10.3. The van der Waals surface area contributed by atoms with E-state index in [1.807, 2.05) is 11.0 Å². The van der Waals surface area contributed by atoms with Gasteiger partial charge in [-0.2, -0.15) is 5.26 Å². The summed E-state index contributed by atoms with van der Waals surface area (Å²) < 4.78 is 46.9. The van der Waals surface area contributed by atoms with Crippen LogP contribution in [0.1, 0.15) is 36.9 Å². The third kappa shape index (κ3) is 6.15. The van der Waals surface area contributed by atoms with Crippen LogP contribution in [0.2, 0.25) is 0 Å². The number of benzene rings is 2. The van der Waals surface area contributed by atoms with Crippen LogP contribution in [-0.2, 0) is 4.79 Å². The molecule has 2 atom stereocenters. The molecule has 2 saturated heterocycles. The Kier molecular flexibility index (Phi) is 8.56. The number of hydrogen-bond donors (Lipinski definition) is 0. The number of aromatic nitrogens is 2. The summed E-state index contributed by atoms with van der Waals surface area (Å²) in [7, 11) is 0. The molecule has 3 aromatic rings. The SMILES string of the molecule is CCN(C(=O)Oc1ccc(F)cc1)C1CN(C(=O)C2CCN(c3ccc(C#N)nn3)CC2)CC1c1ccc(F)c(F)c1. The van der Waals surface area contributed by atoms with Gasteiger partial charge in [0.25, 0.3) is 0 Å². The van der Waals surface area contributed by atoms with Gasteiger partial charge in [-0.3, -0.25) is 4.79 Å². The summed E-state index contributed by atoms with van der Waals surface area (Å²) in [5.74, 6) is -2.49. The molecule has 2 unspecified atom stereocenters. The van der Waals surface area contributed by atoms with Crippen molar-refractivity contribution in [1.82, 2.24) is 20.0 Å². The molecule has 2 aromatic carbocycles. The van der Waals surface area contributed by atoms with E-state index in [-0.39, 0.29) is 42.9 Å². The first-order valence-corrected chi connectivity index (χ1v) is 13.7. The molecule has 2 fully saturated rings. The Morgan fingerprint density at radius 2 is 1.74 bits per heavy atom. The van der Waals surface area contributed by atoms with E-state index in [4.69, 9.17) is 10.00 Å². The van der Waals surface area contributed by atoms with E-state index in [0.717, 1.165) is 12.1 Å². The highest BCUT2D eigenvalue weighted by atomic mass is 19.2. The van der Waals surface area contributed by atoms with Crippen LogP contribution < -0.4 is 9.64 Å². The predicted octanol–water partition coefficient (Wildman–Crippen LogP) is 4.50. The zero-order valence-electron chi connectivity index (χ0n) is 22.9. The molecule has 5 rings (SSSR count). The fourth-order valence-corrected chi connectivity index (χ4v) is 5.68. The van der Waals surface area contributed by atoms with E-state index in [1.54, 1.807) is 24.0 Å². The molecule has 12 heteroatoms. The second kappa shape index (κ2) is 12.5. The molecule has 9 nitrogen and oxygen atoms in total. The number of piperidine rings is 1. The summed E-state index contributed by atoms with van der Waals surface area (Å²) in [5.41, 5.74) is 0.696. The Bertz CT molecular complexity index is 1470. The molecule has 0 bridgehead atoms. The van der Waals surface area contributed by atoms with Crippen LogP contribution in [0.5, 0.6) is 5.75 Å². The fourth-order valence-electron chi connectivity index (χ4n) is 5.68. The highest BCUT2D eigenvalue weighted by Gasteiger charge is 2.43. The van der Waals surface area contributed by atoms with Crippen molar-refractivity contribution in [3.05, 3.63) is 83.3 Å². The lowest BCUT2D eigenvalue weighted by Gasteiger charge is -2.34. The quantitative estimate of drug-likeness (QED) is 0.425. The van der Waals surface area contributed by atoms with Crippen LogP contribution in [0, 0.1) is 34.7 Å². The topological polar surface area (TPSA) is 103 Å².